The van der Waals surface area contributed by atoms with Crippen molar-refractivity contribution < 1.29 is 23.9 Å². The summed E-state index contributed by atoms with van der Waals surface area (Å²) in [7, 11) is 0. The van der Waals surface area contributed by atoms with Crippen molar-refractivity contribution in [3.8, 4) is 11.5 Å². The number of carbonyl (C=O) groups is 3. The Bertz CT molecular complexity index is 924. The van der Waals surface area contributed by atoms with Crippen LogP contribution in [0.3, 0.4) is 0 Å². The van der Waals surface area contributed by atoms with Crippen molar-refractivity contribution in [1.82, 2.24) is 16.2 Å². The summed E-state index contributed by atoms with van der Waals surface area (Å²) in [6.45, 7) is 0.115. The number of hydrogen-bond acceptors (Lipinski definition) is 5. The van der Waals surface area contributed by atoms with Gasteiger partial charge in [0.25, 0.3) is 11.8 Å². The molecule has 0 atom stereocenters. The zero-order chi connectivity index (χ0) is 19.5. The Morgan fingerprint density at radius 2 is 1.46 bits per heavy atom. The lowest BCUT2D eigenvalue weighted by atomic mass is 10.2. The summed E-state index contributed by atoms with van der Waals surface area (Å²) in [6, 6.07) is 11.1. The summed E-state index contributed by atoms with van der Waals surface area (Å²) in [6.07, 6.45) is 2.01. The first-order valence-electron chi connectivity index (χ1n) is 8.76. The van der Waals surface area contributed by atoms with Gasteiger partial charge in [0, 0.05) is 22.9 Å². The number of fused-ring (bicyclic) bond motifs is 1. The van der Waals surface area contributed by atoms with Crippen LogP contribution in [-0.2, 0) is 0 Å². The van der Waals surface area contributed by atoms with Gasteiger partial charge in [-0.25, -0.2) is 4.79 Å². The molecular formula is C19H18N4O5. The number of anilines is 1. The van der Waals surface area contributed by atoms with E-state index in [1.165, 1.54) is 6.07 Å². The van der Waals surface area contributed by atoms with Crippen LogP contribution in [0.4, 0.5) is 10.5 Å². The van der Waals surface area contributed by atoms with E-state index < -0.39 is 11.8 Å². The number of hydrogen-bond donors (Lipinski definition) is 4. The topological polar surface area (TPSA) is 118 Å². The fourth-order valence-corrected chi connectivity index (χ4v) is 2.58. The van der Waals surface area contributed by atoms with Gasteiger partial charge >= 0.3 is 6.03 Å². The predicted molar refractivity (Wildman–Crippen MR) is 99.1 cm³/mol. The monoisotopic (exact) mass is 382 g/mol. The number of urea groups is 1. The molecule has 4 rings (SSSR count). The first-order valence-corrected chi connectivity index (χ1v) is 8.76. The molecule has 1 aliphatic carbocycles. The van der Waals surface area contributed by atoms with Gasteiger partial charge in [-0.2, -0.15) is 0 Å². The highest BCUT2D eigenvalue weighted by molar-refractivity contribution is 5.99. The Morgan fingerprint density at radius 3 is 2.18 bits per heavy atom. The zero-order valence-electron chi connectivity index (χ0n) is 14.8. The van der Waals surface area contributed by atoms with Gasteiger partial charge in [-0.15, -0.1) is 0 Å². The van der Waals surface area contributed by atoms with Gasteiger partial charge in [0.2, 0.25) is 6.79 Å². The Kier molecular flexibility index (Phi) is 4.71. The number of rotatable bonds is 4. The highest BCUT2D eigenvalue weighted by atomic mass is 16.7. The third-order valence-electron chi connectivity index (χ3n) is 4.24. The van der Waals surface area contributed by atoms with Crippen molar-refractivity contribution in [2.45, 2.75) is 18.9 Å². The van der Waals surface area contributed by atoms with E-state index in [1.54, 1.807) is 36.4 Å². The molecule has 0 radical (unpaired) electrons. The summed E-state index contributed by atoms with van der Waals surface area (Å²) in [4.78, 5) is 36.1. The quantitative estimate of drug-likeness (QED) is 0.601. The molecule has 0 unspecified atom stereocenters. The molecular weight excluding hydrogens is 364 g/mol. The molecule has 0 aromatic heterocycles. The van der Waals surface area contributed by atoms with Crippen molar-refractivity contribution in [3.05, 3.63) is 53.6 Å². The summed E-state index contributed by atoms with van der Waals surface area (Å²) >= 11 is 0. The average molecular weight is 382 g/mol. The van der Waals surface area contributed by atoms with Crippen molar-refractivity contribution in [2.24, 2.45) is 0 Å². The van der Waals surface area contributed by atoms with Crippen LogP contribution in [0.5, 0.6) is 11.5 Å². The van der Waals surface area contributed by atoms with Gasteiger partial charge in [-0.3, -0.25) is 20.4 Å². The van der Waals surface area contributed by atoms with E-state index in [1.807, 2.05) is 0 Å². The number of ether oxygens (including phenoxy) is 2. The highest BCUT2D eigenvalue weighted by Crippen LogP contribution is 2.32. The number of amides is 4. The molecule has 4 amide bonds. The molecule has 1 heterocycles. The van der Waals surface area contributed by atoms with Crippen LogP contribution in [-0.4, -0.2) is 30.7 Å². The second-order valence-corrected chi connectivity index (χ2v) is 6.43. The summed E-state index contributed by atoms with van der Waals surface area (Å²) in [5, 5.41) is 5.51. The van der Waals surface area contributed by atoms with Crippen molar-refractivity contribution in [3.63, 3.8) is 0 Å². The molecule has 2 aromatic carbocycles. The molecule has 0 bridgehead atoms. The van der Waals surface area contributed by atoms with E-state index in [-0.39, 0.29) is 18.9 Å². The van der Waals surface area contributed by atoms with Gasteiger partial charge in [-0.05, 0) is 55.3 Å². The fraction of sp³-hybridized carbons (Fsp3) is 0.211. The van der Waals surface area contributed by atoms with Gasteiger partial charge in [0.05, 0.1) is 0 Å². The SMILES string of the molecule is O=C(Nc1ccc(C(=O)NNC(=O)c2ccc3c(c2)OCO3)cc1)NC1CC1. The lowest BCUT2D eigenvalue weighted by Gasteiger charge is -2.09. The van der Waals surface area contributed by atoms with Gasteiger partial charge in [-0.1, -0.05) is 0 Å². The molecule has 1 saturated carbocycles. The van der Waals surface area contributed by atoms with Crippen LogP contribution in [0, 0.1) is 0 Å². The van der Waals surface area contributed by atoms with E-state index in [9.17, 15) is 14.4 Å². The van der Waals surface area contributed by atoms with Crippen LogP contribution in [0.2, 0.25) is 0 Å². The molecule has 144 valence electrons. The molecule has 28 heavy (non-hydrogen) atoms. The molecule has 4 N–H and O–H groups in total. The second-order valence-electron chi connectivity index (χ2n) is 6.43. The normalized spacial score (nSPS) is 14.1. The third kappa shape index (κ3) is 4.14. The first kappa shape index (κ1) is 17.7. The van der Waals surface area contributed by atoms with Crippen LogP contribution in [0.25, 0.3) is 0 Å². The summed E-state index contributed by atoms with van der Waals surface area (Å²) < 4.78 is 10.4. The van der Waals surface area contributed by atoms with Crippen molar-refractivity contribution in [1.29, 1.82) is 0 Å². The first-order chi connectivity index (χ1) is 13.6. The van der Waals surface area contributed by atoms with Crippen LogP contribution >= 0.6 is 0 Å². The average Bonchev–Trinajstić information content (AvgIpc) is 3.38. The molecule has 0 spiro atoms. The molecule has 2 aromatic rings. The molecule has 0 saturated heterocycles. The van der Waals surface area contributed by atoms with E-state index in [0.29, 0.717) is 28.3 Å². The summed E-state index contributed by atoms with van der Waals surface area (Å²) in [5.74, 6) is 0.0812. The standard InChI is InChI=1S/C19H18N4O5/c24-17(11-1-4-13(5-2-11)20-19(26)21-14-6-7-14)22-23-18(25)12-3-8-15-16(9-12)28-10-27-15/h1-5,8-9,14H,6-7,10H2,(H,22,24)(H,23,25)(H2,20,21,26). The number of hydrazine groups is 1. The maximum Gasteiger partial charge on any atom is 0.319 e. The molecule has 1 fully saturated rings. The maximum atomic E-state index is 12.2. The fourth-order valence-electron chi connectivity index (χ4n) is 2.58. The Hall–Kier alpha value is -3.75. The van der Waals surface area contributed by atoms with Gasteiger partial charge in [0.1, 0.15) is 0 Å². The minimum absolute atomic E-state index is 0.115. The number of benzene rings is 2. The maximum absolute atomic E-state index is 12.2. The van der Waals surface area contributed by atoms with Gasteiger partial charge in [0.15, 0.2) is 11.5 Å². The predicted octanol–water partition coefficient (Wildman–Crippen LogP) is 1.77. The molecule has 1 aliphatic heterocycles. The number of nitrogens with one attached hydrogen (secondary N) is 4. The van der Waals surface area contributed by atoms with Crippen LogP contribution < -0.4 is 31.0 Å². The Labute approximate surface area is 160 Å². The molecule has 9 nitrogen and oxygen atoms in total. The molecule has 2 aliphatic rings. The van der Waals surface area contributed by atoms with E-state index in [2.05, 4.69) is 21.5 Å². The lowest BCUT2D eigenvalue weighted by molar-refractivity contribution is 0.0846. The highest BCUT2D eigenvalue weighted by Gasteiger charge is 2.23. The number of carbonyl (C=O) groups excluding carboxylic acids is 3. The van der Waals surface area contributed by atoms with Crippen LogP contribution in [0.15, 0.2) is 42.5 Å². The summed E-state index contributed by atoms with van der Waals surface area (Å²) in [5.41, 5.74) is 5.92. The smallest absolute Gasteiger partial charge is 0.319 e. The Balaban J connectivity index is 1.29. The van der Waals surface area contributed by atoms with E-state index >= 15 is 0 Å². The van der Waals surface area contributed by atoms with Crippen molar-refractivity contribution >= 4 is 23.5 Å². The minimum atomic E-state index is -0.485. The third-order valence-corrected chi connectivity index (χ3v) is 4.24. The largest absolute Gasteiger partial charge is 0.454 e. The minimum Gasteiger partial charge on any atom is -0.454 e. The van der Waals surface area contributed by atoms with E-state index in [0.717, 1.165) is 12.8 Å². The van der Waals surface area contributed by atoms with Crippen LogP contribution in [0.1, 0.15) is 33.6 Å². The van der Waals surface area contributed by atoms with Crippen molar-refractivity contribution in [2.75, 3.05) is 12.1 Å². The zero-order valence-corrected chi connectivity index (χ0v) is 14.8. The Morgan fingerprint density at radius 1 is 0.821 bits per heavy atom. The lowest BCUT2D eigenvalue weighted by Crippen LogP contribution is -2.41. The second kappa shape index (κ2) is 7.47. The van der Waals surface area contributed by atoms with Gasteiger partial charge < -0.3 is 20.1 Å². The van der Waals surface area contributed by atoms with E-state index in [4.69, 9.17) is 9.47 Å². The molecule has 9 heteroatoms.